The molecule has 0 unspecified atom stereocenters. The smallest absolute Gasteiger partial charge is 0.200 e. The van der Waals surface area contributed by atoms with E-state index < -0.39 is 28.5 Å². The minimum atomic E-state index is -0.878. The van der Waals surface area contributed by atoms with Crippen LogP contribution >= 0.6 is 0 Å². The molecule has 41 heavy (non-hydrogen) atoms. The highest BCUT2D eigenvalue weighted by Gasteiger charge is 2.25. The quantitative estimate of drug-likeness (QED) is 0.125. The molecule has 6 aromatic rings. The van der Waals surface area contributed by atoms with Crippen LogP contribution in [0.5, 0.6) is 23.0 Å². The molecule has 0 bridgehead atoms. The van der Waals surface area contributed by atoms with E-state index in [4.69, 9.17) is 7.85 Å². The zero-order valence-electron chi connectivity index (χ0n) is 21.6. The van der Waals surface area contributed by atoms with Gasteiger partial charge in [-0.1, -0.05) is 78.9 Å². The maximum absolute atomic E-state index is 10.8. The predicted octanol–water partition coefficient (Wildman–Crippen LogP) is 5.82. The molecule has 8 heteroatoms. The van der Waals surface area contributed by atoms with Gasteiger partial charge in [0.15, 0.2) is 17.3 Å². The van der Waals surface area contributed by atoms with Crippen molar-refractivity contribution in [1.82, 2.24) is 15.0 Å². The lowest BCUT2D eigenvalue weighted by atomic mass is 9.90. The van der Waals surface area contributed by atoms with Crippen LogP contribution in [-0.4, -0.2) is 43.2 Å². The molecule has 196 valence electrons. The molecule has 2 radical (unpaired) electrons. The summed E-state index contributed by atoms with van der Waals surface area (Å²) in [7, 11) is 5.81. The fourth-order valence-electron chi connectivity index (χ4n) is 4.64. The Bertz CT molecular complexity index is 1850. The first-order valence-electron chi connectivity index (χ1n) is 12.7. The number of hydrogen-bond acceptors (Lipinski definition) is 7. The zero-order chi connectivity index (χ0) is 28.5. The molecular formula is C33H22BN3O4. The van der Waals surface area contributed by atoms with Crippen LogP contribution < -0.4 is 5.46 Å². The molecule has 6 rings (SSSR count). The summed E-state index contributed by atoms with van der Waals surface area (Å²) in [6.45, 7) is 0. The molecule has 0 saturated carbocycles. The molecule has 0 aliphatic heterocycles. The molecule has 4 aromatic carbocycles. The second kappa shape index (κ2) is 10.5. The zero-order valence-corrected chi connectivity index (χ0v) is 21.6. The fraction of sp³-hybridized carbons (Fsp3) is 0. The fourth-order valence-corrected chi connectivity index (χ4v) is 4.64. The van der Waals surface area contributed by atoms with E-state index in [1.807, 2.05) is 91.0 Å². The molecule has 2 aromatic heterocycles. The van der Waals surface area contributed by atoms with Gasteiger partial charge in [-0.15, -0.1) is 0 Å². The van der Waals surface area contributed by atoms with Crippen molar-refractivity contribution in [1.29, 1.82) is 0 Å². The minimum absolute atomic E-state index is 0.0894. The molecule has 0 atom stereocenters. The number of benzene rings is 4. The van der Waals surface area contributed by atoms with Gasteiger partial charge in [-0.05, 0) is 40.4 Å². The first kappa shape index (κ1) is 25.6. The summed E-state index contributed by atoms with van der Waals surface area (Å²) in [5.74, 6) is -3.24. The first-order chi connectivity index (χ1) is 19.9. The highest BCUT2D eigenvalue weighted by molar-refractivity contribution is 6.37. The number of pyridine rings is 1. The molecule has 4 N–H and O–H groups in total. The molecule has 0 fully saturated rings. The van der Waals surface area contributed by atoms with Crippen LogP contribution in [0.15, 0.2) is 109 Å². The summed E-state index contributed by atoms with van der Waals surface area (Å²) in [5.41, 5.74) is 5.63. The highest BCUT2D eigenvalue weighted by atomic mass is 16.3. The van der Waals surface area contributed by atoms with Crippen molar-refractivity contribution in [2.45, 2.75) is 0 Å². The number of phenolic OH excluding ortho intramolecular Hbond substituents is 4. The SMILES string of the molecule is [B]c1c(O)c(O)c(O)c(-c2nc(-c3ccc(-c4ccccc4)cc3)cc(-c3cccc(-c4cccnc4)c3)n2)c1O. The number of hydrogen-bond donors (Lipinski definition) is 4. The van der Waals surface area contributed by atoms with E-state index in [0.717, 1.165) is 33.4 Å². The molecule has 0 spiro atoms. The lowest BCUT2D eigenvalue weighted by molar-refractivity contribution is 0.365. The van der Waals surface area contributed by atoms with Gasteiger partial charge in [0.25, 0.3) is 0 Å². The molecule has 0 aliphatic carbocycles. The van der Waals surface area contributed by atoms with Gasteiger partial charge >= 0.3 is 0 Å². The van der Waals surface area contributed by atoms with Gasteiger partial charge < -0.3 is 20.4 Å². The van der Waals surface area contributed by atoms with Crippen LogP contribution in [-0.2, 0) is 0 Å². The Kier molecular flexibility index (Phi) is 6.57. The first-order valence-corrected chi connectivity index (χ1v) is 12.7. The van der Waals surface area contributed by atoms with Gasteiger partial charge in [0.05, 0.1) is 11.4 Å². The number of phenols is 4. The number of nitrogens with zero attached hydrogens (tertiary/aromatic N) is 3. The van der Waals surface area contributed by atoms with Crippen LogP contribution in [0.3, 0.4) is 0 Å². The van der Waals surface area contributed by atoms with Crippen molar-refractivity contribution in [2.75, 3.05) is 0 Å². The molecule has 0 saturated heterocycles. The number of aromatic hydroxyl groups is 4. The number of rotatable bonds is 5. The van der Waals surface area contributed by atoms with Crippen LogP contribution in [0.4, 0.5) is 0 Å². The van der Waals surface area contributed by atoms with Gasteiger partial charge in [0.2, 0.25) is 5.75 Å². The summed E-state index contributed by atoms with van der Waals surface area (Å²) >= 11 is 0. The maximum Gasteiger partial charge on any atom is 0.200 e. The summed E-state index contributed by atoms with van der Waals surface area (Å²) in [6, 6.07) is 31.1. The van der Waals surface area contributed by atoms with E-state index in [-0.39, 0.29) is 11.4 Å². The summed E-state index contributed by atoms with van der Waals surface area (Å²) in [5, 5.41) is 41.8. The lowest BCUT2D eigenvalue weighted by Gasteiger charge is -2.15. The van der Waals surface area contributed by atoms with Crippen molar-refractivity contribution in [3.05, 3.63) is 109 Å². The second-order valence-corrected chi connectivity index (χ2v) is 9.41. The Morgan fingerprint density at radius 2 is 1.10 bits per heavy atom. The Labute approximate surface area is 237 Å². The van der Waals surface area contributed by atoms with Crippen molar-refractivity contribution < 1.29 is 20.4 Å². The van der Waals surface area contributed by atoms with E-state index in [1.54, 1.807) is 18.5 Å². The van der Waals surface area contributed by atoms with Gasteiger partial charge in [-0.3, -0.25) is 4.98 Å². The summed E-state index contributed by atoms with van der Waals surface area (Å²) < 4.78 is 0. The molecule has 0 amide bonds. The average molecular weight is 535 g/mol. The molecule has 2 heterocycles. The van der Waals surface area contributed by atoms with Crippen molar-refractivity contribution >= 4 is 13.3 Å². The van der Waals surface area contributed by atoms with Crippen LogP contribution in [0.25, 0.3) is 56.2 Å². The van der Waals surface area contributed by atoms with Crippen LogP contribution in [0.1, 0.15) is 0 Å². The largest absolute Gasteiger partial charge is 0.508 e. The van der Waals surface area contributed by atoms with Crippen LogP contribution in [0, 0.1) is 0 Å². The average Bonchev–Trinajstić information content (AvgIpc) is 3.04. The lowest BCUT2D eigenvalue weighted by Crippen LogP contribution is -2.07. The van der Waals surface area contributed by atoms with E-state index in [0.29, 0.717) is 11.4 Å². The van der Waals surface area contributed by atoms with Gasteiger partial charge in [-0.25, -0.2) is 9.97 Å². The Hall–Kier alpha value is -5.63. The third-order valence-corrected chi connectivity index (χ3v) is 6.82. The Balaban J connectivity index is 1.54. The molecular weight excluding hydrogens is 513 g/mol. The monoisotopic (exact) mass is 535 g/mol. The highest BCUT2D eigenvalue weighted by Crippen LogP contribution is 2.46. The molecule has 7 nitrogen and oxygen atoms in total. The standard InChI is InChI=1S/C33H22BN3O4/c34-28-29(38)27(30(39)32(41)31(28)40)33-36-25(21-13-11-20(12-14-21)19-6-2-1-3-7-19)17-26(37-33)23-9-4-8-22(16-23)24-10-5-15-35-18-24/h1-18,38-41H. The van der Waals surface area contributed by atoms with Crippen molar-refractivity contribution in [3.8, 4) is 79.2 Å². The van der Waals surface area contributed by atoms with E-state index in [9.17, 15) is 20.4 Å². The minimum Gasteiger partial charge on any atom is -0.508 e. The van der Waals surface area contributed by atoms with E-state index in [1.165, 1.54) is 0 Å². The van der Waals surface area contributed by atoms with Crippen LogP contribution in [0.2, 0.25) is 0 Å². The van der Waals surface area contributed by atoms with E-state index in [2.05, 4.69) is 15.0 Å². The van der Waals surface area contributed by atoms with Gasteiger partial charge in [-0.2, -0.15) is 0 Å². The third-order valence-electron chi connectivity index (χ3n) is 6.82. The summed E-state index contributed by atoms with van der Waals surface area (Å²) in [4.78, 5) is 13.5. The Morgan fingerprint density at radius 3 is 1.80 bits per heavy atom. The van der Waals surface area contributed by atoms with Crippen molar-refractivity contribution in [2.24, 2.45) is 0 Å². The van der Waals surface area contributed by atoms with Gasteiger partial charge in [0, 0.05) is 29.1 Å². The Morgan fingerprint density at radius 1 is 0.488 bits per heavy atom. The van der Waals surface area contributed by atoms with E-state index >= 15 is 0 Å². The van der Waals surface area contributed by atoms with Gasteiger partial charge in [0.1, 0.15) is 19.2 Å². The second-order valence-electron chi connectivity index (χ2n) is 9.41. The number of aromatic nitrogens is 3. The third kappa shape index (κ3) is 4.83. The molecule has 0 aliphatic rings. The summed E-state index contributed by atoms with van der Waals surface area (Å²) in [6.07, 6.45) is 3.47. The maximum atomic E-state index is 10.8. The normalized spacial score (nSPS) is 10.9. The topological polar surface area (TPSA) is 120 Å². The van der Waals surface area contributed by atoms with Crippen molar-refractivity contribution in [3.63, 3.8) is 0 Å². The predicted molar refractivity (Wildman–Crippen MR) is 159 cm³/mol.